The molecule has 0 saturated carbocycles. The summed E-state index contributed by atoms with van der Waals surface area (Å²) in [7, 11) is 0. The second kappa shape index (κ2) is 3.69. The number of rotatable bonds is 2. The molecule has 0 saturated heterocycles. The maximum atomic E-state index is 10.7. The number of hydrogen-bond acceptors (Lipinski definition) is 5. The summed E-state index contributed by atoms with van der Waals surface area (Å²) < 4.78 is 10.1. The molecule has 6 heteroatoms. The molecule has 2 heterocycles. The predicted molar refractivity (Wildman–Crippen MR) is 61.2 cm³/mol. The third-order valence-electron chi connectivity index (χ3n) is 2.67. The number of benzene rings is 1. The summed E-state index contributed by atoms with van der Waals surface area (Å²) in [5.41, 5.74) is 2.00. The van der Waals surface area contributed by atoms with E-state index in [4.69, 9.17) is 14.2 Å². The topological polar surface area (TPSA) is 89.4 Å². The first kappa shape index (κ1) is 10.5. The highest BCUT2D eigenvalue weighted by Gasteiger charge is 2.13. The fraction of sp³-hybridized carbons (Fsp3) is 0.0833. The van der Waals surface area contributed by atoms with Gasteiger partial charge in [-0.25, -0.2) is 4.79 Å². The lowest BCUT2D eigenvalue weighted by molar-refractivity contribution is 0.0686. The highest BCUT2D eigenvalue weighted by molar-refractivity contribution is 5.88. The van der Waals surface area contributed by atoms with Crippen molar-refractivity contribution in [2.24, 2.45) is 0 Å². The van der Waals surface area contributed by atoms with E-state index >= 15 is 0 Å². The molecule has 18 heavy (non-hydrogen) atoms. The van der Waals surface area contributed by atoms with Gasteiger partial charge in [0, 0.05) is 17.0 Å². The first-order valence-electron chi connectivity index (χ1n) is 5.21. The number of carboxylic acids is 1. The number of carboxylic acid groups (broad SMARTS) is 1. The molecule has 6 nitrogen and oxygen atoms in total. The molecule has 3 aromatic rings. The van der Waals surface area contributed by atoms with Crippen molar-refractivity contribution in [2.45, 2.75) is 6.92 Å². The first-order chi connectivity index (χ1) is 8.65. The molecule has 0 aliphatic heterocycles. The Labute approximate surface area is 101 Å². The average Bonchev–Trinajstić information content (AvgIpc) is 2.96. The van der Waals surface area contributed by atoms with Gasteiger partial charge in [-0.05, 0) is 19.1 Å². The van der Waals surface area contributed by atoms with Crippen LogP contribution in [0.4, 0.5) is 0 Å². The fourth-order valence-electron chi connectivity index (χ4n) is 1.73. The fourth-order valence-corrected chi connectivity index (χ4v) is 1.73. The van der Waals surface area contributed by atoms with E-state index in [-0.39, 0.29) is 5.69 Å². The van der Waals surface area contributed by atoms with Crippen molar-refractivity contribution in [3.05, 3.63) is 35.7 Å². The summed E-state index contributed by atoms with van der Waals surface area (Å²) in [5, 5.41) is 17.0. The highest BCUT2D eigenvalue weighted by Crippen LogP contribution is 2.26. The Balaban J connectivity index is 2.10. The number of nitrogens with zero attached hydrogens (tertiary/aromatic N) is 2. The molecule has 0 radical (unpaired) electrons. The Bertz CT molecular complexity index is 741. The van der Waals surface area contributed by atoms with Gasteiger partial charge in [0.05, 0.1) is 5.69 Å². The smallest absolute Gasteiger partial charge is 0.358 e. The molecule has 0 aliphatic carbocycles. The Morgan fingerprint density at radius 1 is 1.22 bits per heavy atom. The van der Waals surface area contributed by atoms with Gasteiger partial charge >= 0.3 is 5.97 Å². The zero-order chi connectivity index (χ0) is 12.7. The maximum Gasteiger partial charge on any atom is 0.358 e. The van der Waals surface area contributed by atoms with Crippen LogP contribution < -0.4 is 0 Å². The molecule has 0 unspecified atom stereocenters. The summed E-state index contributed by atoms with van der Waals surface area (Å²) in [6, 6.07) is 6.76. The second-order valence-corrected chi connectivity index (χ2v) is 3.86. The molecule has 1 N–H and O–H groups in total. The van der Waals surface area contributed by atoms with Crippen molar-refractivity contribution in [3.8, 4) is 11.3 Å². The van der Waals surface area contributed by atoms with Crippen LogP contribution in [0, 0.1) is 6.92 Å². The van der Waals surface area contributed by atoms with Crippen molar-refractivity contribution >= 4 is 16.9 Å². The van der Waals surface area contributed by atoms with E-state index in [2.05, 4.69) is 10.3 Å². The maximum absolute atomic E-state index is 10.7. The minimum absolute atomic E-state index is 0.126. The largest absolute Gasteiger partial charge is 0.476 e. The summed E-state index contributed by atoms with van der Waals surface area (Å²) >= 11 is 0. The number of aryl methyl sites for hydroxylation is 1. The van der Waals surface area contributed by atoms with Crippen LogP contribution in [0.15, 0.2) is 33.3 Å². The molecule has 0 bridgehead atoms. The van der Waals surface area contributed by atoms with Crippen LogP contribution in [0.1, 0.15) is 16.2 Å². The molecule has 90 valence electrons. The van der Waals surface area contributed by atoms with Crippen molar-refractivity contribution in [1.82, 2.24) is 10.3 Å². The Hall–Kier alpha value is -2.63. The monoisotopic (exact) mass is 244 g/mol. The van der Waals surface area contributed by atoms with Gasteiger partial charge in [0.1, 0.15) is 0 Å². The number of hydrogen-bond donors (Lipinski definition) is 1. The normalized spacial score (nSPS) is 10.9. The van der Waals surface area contributed by atoms with Gasteiger partial charge in [0.15, 0.2) is 17.0 Å². The van der Waals surface area contributed by atoms with Crippen LogP contribution in [0.25, 0.3) is 22.3 Å². The van der Waals surface area contributed by atoms with Gasteiger partial charge < -0.3 is 14.2 Å². The third-order valence-corrected chi connectivity index (χ3v) is 2.67. The van der Waals surface area contributed by atoms with Gasteiger partial charge in [0.25, 0.3) is 0 Å². The zero-order valence-electron chi connectivity index (χ0n) is 9.38. The van der Waals surface area contributed by atoms with Crippen LogP contribution in [-0.2, 0) is 0 Å². The van der Waals surface area contributed by atoms with E-state index in [0.717, 1.165) is 11.1 Å². The zero-order valence-corrected chi connectivity index (χ0v) is 9.38. The molecule has 0 spiro atoms. The summed E-state index contributed by atoms with van der Waals surface area (Å²) in [5.74, 6) is -0.745. The Morgan fingerprint density at radius 3 is 2.78 bits per heavy atom. The van der Waals surface area contributed by atoms with Crippen molar-refractivity contribution in [2.75, 3.05) is 0 Å². The van der Waals surface area contributed by atoms with Gasteiger partial charge in [-0.3, -0.25) is 0 Å². The predicted octanol–water partition coefficient (Wildman–Crippen LogP) is 2.49. The Morgan fingerprint density at radius 2 is 2.06 bits per heavy atom. The third kappa shape index (κ3) is 1.55. The second-order valence-electron chi connectivity index (χ2n) is 3.86. The average molecular weight is 244 g/mol. The molecule has 0 aliphatic rings. The minimum Gasteiger partial charge on any atom is -0.476 e. The minimum atomic E-state index is -1.12. The van der Waals surface area contributed by atoms with Gasteiger partial charge in [-0.15, -0.1) is 0 Å². The quantitative estimate of drug-likeness (QED) is 0.744. The molecule has 2 aromatic heterocycles. The molecular formula is C12H8N2O4. The summed E-state index contributed by atoms with van der Waals surface area (Å²) in [6.45, 7) is 1.85. The van der Waals surface area contributed by atoms with Gasteiger partial charge in [-0.2, -0.15) is 0 Å². The van der Waals surface area contributed by atoms with Crippen LogP contribution >= 0.6 is 0 Å². The van der Waals surface area contributed by atoms with Crippen molar-refractivity contribution < 1.29 is 18.9 Å². The molecule has 3 rings (SSSR count). The van der Waals surface area contributed by atoms with E-state index in [0.29, 0.717) is 16.9 Å². The number of carbonyl (C=O) groups is 1. The molecule has 0 fully saturated rings. The van der Waals surface area contributed by atoms with Crippen LogP contribution in [-0.4, -0.2) is 21.4 Å². The lowest BCUT2D eigenvalue weighted by Gasteiger charge is -1.94. The lowest BCUT2D eigenvalue weighted by Crippen LogP contribution is -1.94. The van der Waals surface area contributed by atoms with Crippen LogP contribution in [0.5, 0.6) is 0 Å². The molecule has 0 amide bonds. The first-order valence-corrected chi connectivity index (χ1v) is 5.21. The number of aromatic nitrogens is 2. The molecule has 1 aromatic carbocycles. The Kier molecular flexibility index (Phi) is 2.16. The lowest BCUT2D eigenvalue weighted by atomic mass is 10.1. The highest BCUT2D eigenvalue weighted by atomic mass is 16.5. The molecule has 0 atom stereocenters. The number of aromatic carboxylic acids is 1. The summed E-state index contributed by atoms with van der Waals surface area (Å²) in [6.07, 6.45) is 0. The van der Waals surface area contributed by atoms with E-state index in [1.165, 1.54) is 6.07 Å². The summed E-state index contributed by atoms with van der Waals surface area (Å²) in [4.78, 5) is 10.7. The van der Waals surface area contributed by atoms with Crippen LogP contribution in [0.2, 0.25) is 0 Å². The van der Waals surface area contributed by atoms with E-state index in [1.54, 1.807) is 12.1 Å². The van der Waals surface area contributed by atoms with Gasteiger partial charge in [-0.1, -0.05) is 16.4 Å². The van der Waals surface area contributed by atoms with Crippen LogP contribution in [0.3, 0.4) is 0 Å². The number of fused-ring (bicyclic) bond motifs is 1. The SMILES string of the molecule is Cc1noc2cc(-c3cc(C(=O)O)no3)ccc12. The standard InChI is InChI=1S/C12H8N2O4/c1-6-8-3-2-7(4-11(8)18-13-6)10-5-9(12(15)16)14-17-10/h2-5H,1H3,(H,15,16). The van der Waals surface area contributed by atoms with E-state index < -0.39 is 5.97 Å². The van der Waals surface area contributed by atoms with E-state index in [1.807, 2.05) is 13.0 Å². The van der Waals surface area contributed by atoms with E-state index in [9.17, 15) is 4.79 Å². The molecular weight excluding hydrogens is 236 g/mol. The van der Waals surface area contributed by atoms with Gasteiger partial charge in [0.2, 0.25) is 0 Å². The van der Waals surface area contributed by atoms with Crippen molar-refractivity contribution in [1.29, 1.82) is 0 Å². The van der Waals surface area contributed by atoms with Crippen molar-refractivity contribution in [3.63, 3.8) is 0 Å².